The Morgan fingerprint density at radius 2 is 2.05 bits per heavy atom. The molecule has 0 aliphatic heterocycles. The number of hydrogen-bond acceptors (Lipinski definition) is 6. The number of thiophene rings is 1. The van der Waals surface area contributed by atoms with E-state index in [9.17, 15) is 4.79 Å². The van der Waals surface area contributed by atoms with Crippen LogP contribution in [0.1, 0.15) is 36.4 Å². The quantitative estimate of drug-likeness (QED) is 0.856. The van der Waals surface area contributed by atoms with Crippen molar-refractivity contribution in [2.75, 3.05) is 25.5 Å². The van der Waals surface area contributed by atoms with Gasteiger partial charge in [-0.1, -0.05) is 25.2 Å². The van der Waals surface area contributed by atoms with Crippen molar-refractivity contribution >= 4 is 43.2 Å². The van der Waals surface area contributed by atoms with Crippen LogP contribution in [0.4, 0.5) is 5.13 Å². The van der Waals surface area contributed by atoms with E-state index in [1.54, 1.807) is 11.3 Å². The van der Waals surface area contributed by atoms with Gasteiger partial charge >= 0.3 is 0 Å². The summed E-state index contributed by atoms with van der Waals surface area (Å²) >= 11 is 3.03. The predicted octanol–water partition coefficient (Wildman–Crippen LogP) is 2.67. The van der Waals surface area contributed by atoms with Crippen molar-refractivity contribution in [1.82, 2.24) is 10.3 Å². The fraction of sp³-hybridized carbons (Fsp3) is 0.571. The van der Waals surface area contributed by atoms with E-state index in [2.05, 4.69) is 10.3 Å². The van der Waals surface area contributed by atoms with E-state index in [1.165, 1.54) is 11.3 Å². The topological polar surface area (TPSA) is 71.2 Å². The van der Waals surface area contributed by atoms with Crippen LogP contribution in [-0.2, 0) is 0 Å². The lowest BCUT2D eigenvalue weighted by Gasteiger charge is -2.26. The highest BCUT2D eigenvalue weighted by atomic mass is 32.1. The lowest BCUT2D eigenvalue weighted by molar-refractivity contribution is 0.0946. The minimum atomic E-state index is -0.319. The first-order valence-corrected chi connectivity index (χ1v) is 8.66. The van der Waals surface area contributed by atoms with Crippen molar-refractivity contribution in [3.05, 3.63) is 10.9 Å². The fourth-order valence-electron chi connectivity index (χ4n) is 1.87. The average molecular weight is 326 g/mol. The summed E-state index contributed by atoms with van der Waals surface area (Å²) in [6.07, 6.45) is 1.69. The number of amides is 1. The van der Waals surface area contributed by atoms with Crippen molar-refractivity contribution in [2.24, 2.45) is 5.73 Å². The monoisotopic (exact) mass is 326 g/mol. The molecule has 0 spiro atoms. The number of carbonyl (C=O) groups excluding carboxylic acids is 1. The maximum atomic E-state index is 12.2. The number of hydrogen-bond donors (Lipinski definition) is 2. The number of rotatable bonds is 6. The molecule has 0 atom stereocenters. The number of anilines is 1. The minimum absolute atomic E-state index is 0.0617. The molecule has 5 nitrogen and oxygen atoms in total. The molecule has 2 rings (SSSR count). The van der Waals surface area contributed by atoms with Crippen LogP contribution < -0.4 is 16.0 Å². The normalized spacial score (nSPS) is 11.9. The minimum Gasteiger partial charge on any atom is -0.354 e. The molecule has 116 valence electrons. The molecule has 0 aromatic carbocycles. The highest BCUT2D eigenvalue weighted by Gasteiger charge is 2.22. The van der Waals surface area contributed by atoms with E-state index in [1.807, 2.05) is 38.9 Å². The Bertz CT molecular complexity index is 596. The molecule has 2 aromatic heterocycles. The zero-order valence-corrected chi connectivity index (χ0v) is 14.5. The number of thiazole rings is 1. The summed E-state index contributed by atoms with van der Waals surface area (Å²) in [5, 5.41) is 3.90. The SMILES string of the molecule is CCC(N)(CC)CNC(=O)c1cc2sc(N(C)C)nc2s1. The van der Waals surface area contributed by atoms with Crippen LogP contribution in [0.15, 0.2) is 6.07 Å². The summed E-state index contributed by atoms with van der Waals surface area (Å²) in [7, 11) is 3.93. The smallest absolute Gasteiger partial charge is 0.261 e. The number of nitrogens with one attached hydrogen (secondary N) is 1. The molecule has 3 N–H and O–H groups in total. The van der Waals surface area contributed by atoms with Gasteiger partial charge in [-0.15, -0.1) is 11.3 Å². The van der Waals surface area contributed by atoms with E-state index >= 15 is 0 Å². The van der Waals surface area contributed by atoms with E-state index in [4.69, 9.17) is 5.73 Å². The Labute approximate surface area is 133 Å². The molecule has 0 unspecified atom stereocenters. The lowest BCUT2D eigenvalue weighted by Crippen LogP contribution is -2.49. The molecule has 0 fully saturated rings. The molecule has 21 heavy (non-hydrogen) atoms. The first kappa shape index (κ1) is 16.2. The molecule has 0 aliphatic rings. The van der Waals surface area contributed by atoms with E-state index in [0.717, 1.165) is 27.5 Å². The van der Waals surface area contributed by atoms with E-state index in [0.29, 0.717) is 11.4 Å². The van der Waals surface area contributed by atoms with Gasteiger partial charge < -0.3 is 16.0 Å². The van der Waals surface area contributed by atoms with Crippen molar-refractivity contribution in [3.63, 3.8) is 0 Å². The van der Waals surface area contributed by atoms with E-state index in [-0.39, 0.29) is 11.4 Å². The highest BCUT2D eigenvalue weighted by molar-refractivity contribution is 7.29. The number of carbonyl (C=O) groups is 1. The van der Waals surface area contributed by atoms with Gasteiger partial charge in [0.2, 0.25) is 0 Å². The van der Waals surface area contributed by atoms with Crippen LogP contribution in [0.3, 0.4) is 0 Å². The van der Waals surface area contributed by atoms with Gasteiger partial charge in [-0.25, -0.2) is 4.98 Å². The summed E-state index contributed by atoms with van der Waals surface area (Å²) in [6, 6.07) is 1.91. The van der Waals surface area contributed by atoms with Gasteiger partial charge in [0.15, 0.2) is 5.13 Å². The molecular formula is C14H22N4OS2. The van der Waals surface area contributed by atoms with Gasteiger partial charge in [0, 0.05) is 26.2 Å². The summed E-state index contributed by atoms with van der Waals surface area (Å²) in [5.41, 5.74) is 5.89. The molecule has 7 heteroatoms. The Morgan fingerprint density at radius 3 is 2.57 bits per heavy atom. The molecule has 0 saturated heterocycles. The number of nitrogens with two attached hydrogens (primary N) is 1. The van der Waals surface area contributed by atoms with Crippen LogP contribution in [0.2, 0.25) is 0 Å². The standard InChI is InChI=1S/C14H22N4OS2/c1-5-14(15,6-2)8-16-11(19)9-7-10-12(20-9)17-13(21-10)18(3)4/h7H,5-6,8,15H2,1-4H3,(H,16,19). The largest absolute Gasteiger partial charge is 0.354 e. The maximum Gasteiger partial charge on any atom is 0.261 e. The van der Waals surface area contributed by atoms with Crippen molar-refractivity contribution in [2.45, 2.75) is 32.2 Å². The third kappa shape index (κ3) is 3.53. The zero-order valence-electron chi connectivity index (χ0n) is 12.9. The highest BCUT2D eigenvalue weighted by Crippen LogP contribution is 2.33. The molecule has 0 aliphatic carbocycles. The number of nitrogens with zero attached hydrogens (tertiary/aromatic N) is 2. The molecule has 0 bridgehead atoms. The molecule has 2 aromatic rings. The average Bonchev–Trinajstić information content (AvgIpc) is 3.02. The van der Waals surface area contributed by atoms with Crippen molar-refractivity contribution in [1.29, 1.82) is 0 Å². The third-order valence-electron chi connectivity index (χ3n) is 3.69. The van der Waals surface area contributed by atoms with Crippen LogP contribution in [0.5, 0.6) is 0 Å². The predicted molar refractivity (Wildman–Crippen MR) is 91.7 cm³/mol. The zero-order chi connectivity index (χ0) is 15.6. The number of fused-ring (bicyclic) bond motifs is 1. The van der Waals surface area contributed by atoms with Gasteiger partial charge in [0.25, 0.3) is 5.91 Å². The van der Waals surface area contributed by atoms with Gasteiger partial charge in [-0.2, -0.15) is 0 Å². The summed E-state index contributed by atoms with van der Waals surface area (Å²) < 4.78 is 1.05. The first-order valence-electron chi connectivity index (χ1n) is 7.03. The second kappa shape index (κ2) is 6.29. The number of aromatic nitrogens is 1. The Morgan fingerprint density at radius 1 is 1.38 bits per heavy atom. The molecule has 0 radical (unpaired) electrons. The van der Waals surface area contributed by atoms with Crippen LogP contribution in [0.25, 0.3) is 9.53 Å². The summed E-state index contributed by atoms with van der Waals surface area (Å²) in [4.78, 5) is 20.3. The van der Waals surface area contributed by atoms with Crippen LogP contribution in [0, 0.1) is 0 Å². The van der Waals surface area contributed by atoms with Crippen molar-refractivity contribution < 1.29 is 4.79 Å². The lowest BCUT2D eigenvalue weighted by atomic mass is 9.94. The third-order valence-corrected chi connectivity index (χ3v) is 6.02. The van der Waals surface area contributed by atoms with E-state index < -0.39 is 0 Å². The summed E-state index contributed by atoms with van der Waals surface area (Å²) in [5.74, 6) is -0.0617. The second-order valence-electron chi connectivity index (χ2n) is 5.42. The summed E-state index contributed by atoms with van der Waals surface area (Å²) in [6.45, 7) is 4.59. The fourth-order valence-corrected chi connectivity index (χ4v) is 3.92. The molecule has 0 saturated carbocycles. The maximum absolute atomic E-state index is 12.2. The Hall–Kier alpha value is -1.18. The van der Waals surface area contributed by atoms with Gasteiger partial charge in [-0.3, -0.25) is 4.79 Å². The Kier molecular flexibility index (Phi) is 4.85. The van der Waals surface area contributed by atoms with Crippen molar-refractivity contribution in [3.8, 4) is 0 Å². The second-order valence-corrected chi connectivity index (χ2v) is 7.46. The van der Waals surface area contributed by atoms with Gasteiger partial charge in [0.1, 0.15) is 4.83 Å². The Balaban J connectivity index is 2.08. The molecule has 1 amide bonds. The van der Waals surface area contributed by atoms with Crippen LogP contribution in [-0.4, -0.2) is 37.1 Å². The van der Waals surface area contributed by atoms with Gasteiger partial charge in [0.05, 0.1) is 9.58 Å². The van der Waals surface area contributed by atoms with Gasteiger partial charge in [-0.05, 0) is 18.9 Å². The molecular weight excluding hydrogens is 304 g/mol. The first-order chi connectivity index (χ1) is 9.88. The molecule has 2 heterocycles. The van der Waals surface area contributed by atoms with Crippen LogP contribution >= 0.6 is 22.7 Å².